The molecule has 2 fully saturated rings. The highest BCUT2D eigenvalue weighted by molar-refractivity contribution is 8.18. The predicted molar refractivity (Wildman–Crippen MR) is 119 cm³/mol. The Morgan fingerprint density at radius 2 is 1.91 bits per heavy atom. The number of thioether (sulfide) groups is 1. The minimum atomic E-state index is -0.633. The van der Waals surface area contributed by atoms with Gasteiger partial charge in [0.2, 0.25) is 5.91 Å². The van der Waals surface area contributed by atoms with Crippen LogP contribution in [0, 0.1) is 10.1 Å². The fraction of sp³-hybridized carbons (Fsp3) is 0.250. The molecule has 2 aliphatic heterocycles. The van der Waals surface area contributed by atoms with Crippen LogP contribution in [0.5, 0.6) is 0 Å². The van der Waals surface area contributed by atoms with E-state index >= 15 is 0 Å². The van der Waals surface area contributed by atoms with Gasteiger partial charge in [-0.05, 0) is 42.8 Å². The van der Waals surface area contributed by atoms with Gasteiger partial charge in [0.25, 0.3) is 16.8 Å². The summed E-state index contributed by atoms with van der Waals surface area (Å²) >= 11 is 12.7. The normalized spacial score (nSPS) is 17.6. The van der Waals surface area contributed by atoms with E-state index in [1.165, 1.54) is 30.3 Å². The van der Waals surface area contributed by atoms with Gasteiger partial charge in [-0.3, -0.25) is 29.4 Å². The molecule has 1 aromatic carbocycles. The number of imide groups is 1. The first-order valence-corrected chi connectivity index (χ1v) is 11.1. The fourth-order valence-electron chi connectivity index (χ4n) is 3.41. The van der Waals surface area contributed by atoms with Crippen LogP contribution in [0.3, 0.4) is 0 Å². The number of rotatable bonds is 5. The first kappa shape index (κ1) is 22.4. The highest BCUT2D eigenvalue weighted by Gasteiger charge is 2.37. The number of halogens is 2. The monoisotopic (exact) mass is 495 g/mol. The third-order valence-electron chi connectivity index (χ3n) is 5.02. The van der Waals surface area contributed by atoms with E-state index in [9.17, 15) is 24.5 Å². The zero-order valence-corrected chi connectivity index (χ0v) is 18.7. The number of benzene rings is 1. The smallest absolute Gasteiger partial charge is 0.294 e. The Labute approximate surface area is 196 Å². The van der Waals surface area contributed by atoms with Gasteiger partial charge in [0.15, 0.2) is 0 Å². The predicted octanol–water partition coefficient (Wildman–Crippen LogP) is 4.82. The van der Waals surface area contributed by atoms with E-state index in [4.69, 9.17) is 27.6 Å². The lowest BCUT2D eigenvalue weighted by Crippen LogP contribution is -2.40. The van der Waals surface area contributed by atoms with Crippen molar-refractivity contribution < 1.29 is 23.7 Å². The van der Waals surface area contributed by atoms with Gasteiger partial charge in [-0.25, -0.2) is 0 Å². The lowest BCUT2D eigenvalue weighted by atomic mass is 10.1. The lowest BCUT2D eigenvalue weighted by molar-refractivity contribution is -0.384. The molecular weight excluding hydrogens is 481 g/mol. The molecule has 0 bridgehead atoms. The molecule has 1 aromatic heterocycles. The lowest BCUT2D eigenvalue weighted by Gasteiger charge is -2.18. The third kappa shape index (κ3) is 4.38. The molecule has 2 aliphatic rings. The summed E-state index contributed by atoms with van der Waals surface area (Å²) in [6.45, 7) is 0.965. The second-order valence-corrected chi connectivity index (χ2v) is 8.91. The molecule has 12 heteroatoms. The van der Waals surface area contributed by atoms with Crippen molar-refractivity contribution in [2.75, 3.05) is 19.6 Å². The molecule has 2 aromatic rings. The van der Waals surface area contributed by atoms with E-state index in [1.54, 1.807) is 4.90 Å². The van der Waals surface area contributed by atoms with E-state index in [-0.39, 0.29) is 50.2 Å². The van der Waals surface area contributed by atoms with Crippen molar-refractivity contribution in [3.8, 4) is 11.3 Å². The summed E-state index contributed by atoms with van der Waals surface area (Å²) in [6, 6.07) is 5.52. The van der Waals surface area contributed by atoms with Crippen LogP contribution < -0.4 is 0 Å². The van der Waals surface area contributed by atoms with Crippen molar-refractivity contribution in [2.45, 2.75) is 12.8 Å². The summed E-state index contributed by atoms with van der Waals surface area (Å²) in [6.07, 6.45) is 3.21. The molecule has 0 radical (unpaired) electrons. The molecule has 0 aliphatic carbocycles. The number of nitro benzene ring substituents is 1. The van der Waals surface area contributed by atoms with Crippen molar-refractivity contribution in [1.29, 1.82) is 0 Å². The minimum Gasteiger partial charge on any atom is -0.457 e. The van der Waals surface area contributed by atoms with Gasteiger partial charge in [0.1, 0.15) is 23.1 Å². The topological polar surface area (TPSA) is 114 Å². The van der Waals surface area contributed by atoms with Crippen LogP contribution in [-0.4, -0.2) is 51.4 Å². The van der Waals surface area contributed by atoms with Crippen LogP contribution in [0.1, 0.15) is 18.6 Å². The van der Waals surface area contributed by atoms with E-state index in [1.807, 2.05) is 0 Å². The summed E-state index contributed by atoms with van der Waals surface area (Å²) in [5.74, 6) is -0.370. The van der Waals surface area contributed by atoms with E-state index in [0.29, 0.717) is 24.9 Å². The first-order chi connectivity index (χ1) is 15.2. The van der Waals surface area contributed by atoms with Gasteiger partial charge in [-0.15, -0.1) is 0 Å². The van der Waals surface area contributed by atoms with Crippen LogP contribution in [0.2, 0.25) is 10.0 Å². The molecule has 2 saturated heterocycles. The van der Waals surface area contributed by atoms with Crippen LogP contribution >= 0.6 is 35.0 Å². The van der Waals surface area contributed by atoms with Gasteiger partial charge in [0, 0.05) is 30.8 Å². The number of nitrogens with zero attached hydrogens (tertiary/aromatic N) is 3. The molecule has 3 amide bonds. The Morgan fingerprint density at radius 3 is 2.59 bits per heavy atom. The number of likely N-dealkylation sites (tertiary alicyclic amines) is 1. The summed E-state index contributed by atoms with van der Waals surface area (Å²) < 4.78 is 5.67. The molecule has 0 atom stereocenters. The largest absolute Gasteiger partial charge is 0.457 e. The molecule has 0 saturated carbocycles. The van der Waals surface area contributed by atoms with Crippen LogP contribution in [0.4, 0.5) is 10.5 Å². The van der Waals surface area contributed by atoms with Crippen LogP contribution in [-0.2, 0) is 9.59 Å². The highest BCUT2D eigenvalue weighted by Crippen LogP contribution is 2.38. The number of carbonyl (C=O) groups excluding carboxylic acids is 3. The van der Waals surface area contributed by atoms with E-state index < -0.39 is 16.1 Å². The van der Waals surface area contributed by atoms with Gasteiger partial charge in [-0.1, -0.05) is 23.2 Å². The number of furan rings is 1. The van der Waals surface area contributed by atoms with Crippen LogP contribution in [0.25, 0.3) is 17.4 Å². The Balaban J connectivity index is 1.54. The summed E-state index contributed by atoms with van der Waals surface area (Å²) in [4.78, 5) is 50.4. The Kier molecular flexibility index (Phi) is 6.27. The van der Waals surface area contributed by atoms with E-state index in [0.717, 1.165) is 17.7 Å². The summed E-state index contributed by atoms with van der Waals surface area (Å²) in [7, 11) is 0. The number of hydrogen-bond acceptors (Lipinski definition) is 7. The second kappa shape index (κ2) is 8.97. The van der Waals surface area contributed by atoms with Crippen molar-refractivity contribution >= 4 is 63.8 Å². The zero-order valence-electron chi connectivity index (χ0n) is 16.4. The van der Waals surface area contributed by atoms with Gasteiger partial charge < -0.3 is 9.32 Å². The average molecular weight is 496 g/mol. The van der Waals surface area contributed by atoms with Crippen molar-refractivity contribution in [3.63, 3.8) is 0 Å². The fourth-order valence-corrected chi connectivity index (χ4v) is 4.77. The average Bonchev–Trinajstić information content (AvgIpc) is 3.47. The molecular formula is C20H15Cl2N3O6S. The van der Waals surface area contributed by atoms with Gasteiger partial charge in [-0.2, -0.15) is 0 Å². The third-order valence-corrected chi connectivity index (χ3v) is 6.55. The molecule has 0 spiro atoms. The number of nitro groups is 1. The van der Waals surface area contributed by atoms with Gasteiger partial charge >= 0.3 is 0 Å². The van der Waals surface area contributed by atoms with Gasteiger partial charge in [0.05, 0.1) is 14.9 Å². The quantitative estimate of drug-likeness (QED) is 0.331. The molecule has 32 heavy (non-hydrogen) atoms. The number of carbonyl (C=O) groups is 3. The Hall–Kier alpha value is -2.82. The standard InChI is InChI=1S/C20H15Cl2N3O6S/c21-13-9-14(22)15(25(29)30)8-12(13)16-4-3-11(31-16)7-17-19(27)24(20(28)32-17)10-18(26)23-5-1-2-6-23/h3-4,7-9H,1-2,5-6,10H2/b17-7+. The molecule has 4 rings (SSSR count). The summed E-state index contributed by atoms with van der Waals surface area (Å²) in [5, 5.41) is 10.7. The molecule has 0 N–H and O–H groups in total. The molecule has 9 nitrogen and oxygen atoms in total. The SMILES string of the molecule is O=C(CN1C(=O)S/C(=C/c2ccc(-c3cc([N+](=O)[O-])c(Cl)cc3Cl)o2)C1=O)N1CCCC1. The zero-order chi connectivity index (χ0) is 23.0. The maximum absolute atomic E-state index is 12.7. The molecule has 0 unspecified atom stereocenters. The van der Waals surface area contributed by atoms with Crippen LogP contribution in [0.15, 0.2) is 33.6 Å². The molecule has 3 heterocycles. The Bertz CT molecular complexity index is 1170. The van der Waals surface area contributed by atoms with E-state index in [2.05, 4.69) is 0 Å². The second-order valence-electron chi connectivity index (χ2n) is 7.10. The number of amides is 3. The number of hydrogen-bond donors (Lipinski definition) is 0. The van der Waals surface area contributed by atoms with Crippen molar-refractivity contribution in [1.82, 2.24) is 9.80 Å². The highest BCUT2D eigenvalue weighted by atomic mass is 35.5. The Morgan fingerprint density at radius 1 is 1.19 bits per heavy atom. The van der Waals surface area contributed by atoms with Crippen molar-refractivity contribution in [2.24, 2.45) is 0 Å². The first-order valence-electron chi connectivity index (χ1n) is 9.51. The summed E-state index contributed by atoms with van der Waals surface area (Å²) in [5.41, 5.74) is -0.0699. The minimum absolute atomic E-state index is 0.104. The van der Waals surface area contributed by atoms with Crippen molar-refractivity contribution in [3.05, 3.63) is 55.1 Å². The maximum Gasteiger partial charge on any atom is 0.294 e. The molecule has 166 valence electrons. The maximum atomic E-state index is 12.7.